The molecule has 0 aliphatic rings. The van der Waals surface area contributed by atoms with Crippen LogP contribution in [0.4, 0.5) is 0 Å². The highest BCUT2D eigenvalue weighted by Gasteiger charge is 2.15. The van der Waals surface area contributed by atoms with Crippen molar-refractivity contribution in [3.8, 4) is 22.5 Å². The lowest BCUT2D eigenvalue weighted by atomic mass is 10.1. The average Bonchev–Trinajstić information content (AvgIpc) is 3.47. The molecule has 158 valence electrons. The second-order valence-corrected chi connectivity index (χ2v) is 8.72. The second-order valence-electron chi connectivity index (χ2n) is 7.32. The molecular formula is C25H20ClN5S. The third-order valence-electron chi connectivity index (χ3n) is 4.99. The first-order chi connectivity index (χ1) is 15.7. The summed E-state index contributed by atoms with van der Waals surface area (Å²) in [6.07, 6.45) is 1.97. The lowest BCUT2D eigenvalue weighted by Gasteiger charge is -2.02. The van der Waals surface area contributed by atoms with Gasteiger partial charge in [0.25, 0.3) is 0 Å². The molecule has 0 unspecified atom stereocenters. The molecule has 7 heteroatoms. The third-order valence-corrected chi connectivity index (χ3v) is 6.15. The summed E-state index contributed by atoms with van der Waals surface area (Å²) in [6, 6.07) is 28.3. The third kappa shape index (κ3) is 4.77. The van der Waals surface area contributed by atoms with Crippen LogP contribution in [0.3, 0.4) is 0 Å². The van der Waals surface area contributed by atoms with Crippen molar-refractivity contribution in [2.45, 2.75) is 17.5 Å². The molecule has 5 nitrogen and oxygen atoms in total. The molecule has 0 spiro atoms. The van der Waals surface area contributed by atoms with E-state index in [1.54, 1.807) is 11.8 Å². The Morgan fingerprint density at radius 3 is 2.25 bits per heavy atom. The van der Waals surface area contributed by atoms with Crippen molar-refractivity contribution in [2.24, 2.45) is 0 Å². The van der Waals surface area contributed by atoms with E-state index in [1.165, 1.54) is 0 Å². The molecule has 0 saturated heterocycles. The minimum absolute atomic E-state index is 0.659. The fourth-order valence-electron chi connectivity index (χ4n) is 3.44. The maximum Gasteiger partial charge on any atom is 0.166 e. The molecule has 0 fully saturated rings. The molecular weight excluding hydrogens is 438 g/mol. The van der Waals surface area contributed by atoms with E-state index in [9.17, 15) is 0 Å². The minimum atomic E-state index is 0.659. The quantitative estimate of drug-likeness (QED) is 0.290. The first kappa shape index (κ1) is 20.5. The smallest absolute Gasteiger partial charge is 0.166 e. The van der Waals surface area contributed by atoms with Crippen LogP contribution >= 0.6 is 23.4 Å². The van der Waals surface area contributed by atoms with Crippen molar-refractivity contribution in [1.82, 2.24) is 25.0 Å². The van der Waals surface area contributed by atoms with E-state index in [-0.39, 0.29) is 0 Å². The Balaban J connectivity index is 1.33. The van der Waals surface area contributed by atoms with Crippen LogP contribution in [-0.2, 0) is 12.3 Å². The molecule has 0 aliphatic carbocycles. The van der Waals surface area contributed by atoms with E-state index in [1.807, 2.05) is 71.5 Å². The highest BCUT2D eigenvalue weighted by Crippen LogP contribution is 2.33. The van der Waals surface area contributed by atoms with Gasteiger partial charge in [0.2, 0.25) is 0 Å². The van der Waals surface area contributed by atoms with Crippen LogP contribution in [0.25, 0.3) is 22.5 Å². The fourth-order valence-corrected chi connectivity index (χ4v) is 4.31. The number of benzene rings is 3. The lowest BCUT2D eigenvalue weighted by Crippen LogP contribution is -1.99. The van der Waals surface area contributed by atoms with Gasteiger partial charge in [-0.25, -0.2) is 9.67 Å². The summed E-state index contributed by atoms with van der Waals surface area (Å²) in [7, 11) is 0. The normalized spacial score (nSPS) is 11.0. The topological polar surface area (TPSA) is 59.4 Å². The molecule has 0 aliphatic heterocycles. The van der Waals surface area contributed by atoms with E-state index < -0.39 is 0 Å². The summed E-state index contributed by atoms with van der Waals surface area (Å²) in [5.41, 5.74) is 6.20. The van der Waals surface area contributed by atoms with Gasteiger partial charge in [-0.05, 0) is 17.7 Å². The predicted molar refractivity (Wildman–Crippen MR) is 130 cm³/mol. The average molecular weight is 458 g/mol. The standard InChI is InChI=1S/C25H20ClN5S/c26-21-13-11-18(12-14-21)15-31-16-22(29-30-31)17-32-25-27-23(19-7-3-1-4-8-19)24(28-25)20-9-5-2-6-10-20/h1-14,16H,15,17H2,(H,27,28). The Morgan fingerprint density at radius 2 is 1.53 bits per heavy atom. The summed E-state index contributed by atoms with van der Waals surface area (Å²) >= 11 is 7.58. The number of aromatic amines is 1. The minimum Gasteiger partial charge on any atom is -0.332 e. The monoisotopic (exact) mass is 457 g/mol. The molecule has 0 radical (unpaired) electrons. The first-order valence-corrected chi connectivity index (χ1v) is 11.6. The highest BCUT2D eigenvalue weighted by atomic mass is 35.5. The molecule has 0 amide bonds. The Kier molecular flexibility index (Phi) is 6.05. The van der Waals surface area contributed by atoms with Crippen molar-refractivity contribution in [3.05, 3.63) is 107 Å². The molecule has 0 saturated carbocycles. The van der Waals surface area contributed by atoms with Gasteiger partial charge in [-0.15, -0.1) is 5.10 Å². The van der Waals surface area contributed by atoms with Gasteiger partial charge in [-0.3, -0.25) is 0 Å². The number of hydrogen-bond donors (Lipinski definition) is 1. The SMILES string of the molecule is Clc1ccc(Cn2cc(CSc3nc(-c4ccccc4)c(-c4ccccc4)[nH]3)nn2)cc1. The second kappa shape index (κ2) is 9.42. The van der Waals surface area contributed by atoms with E-state index >= 15 is 0 Å². The zero-order chi connectivity index (χ0) is 21.8. The van der Waals surface area contributed by atoms with E-state index in [0.29, 0.717) is 12.3 Å². The van der Waals surface area contributed by atoms with Crippen LogP contribution in [0.5, 0.6) is 0 Å². The maximum absolute atomic E-state index is 5.96. The molecule has 0 atom stereocenters. The predicted octanol–water partition coefficient (Wildman–Crippen LogP) is 6.33. The molecule has 5 aromatic rings. The van der Waals surface area contributed by atoms with E-state index in [2.05, 4.69) is 39.6 Å². The van der Waals surface area contributed by atoms with Gasteiger partial charge in [0, 0.05) is 28.1 Å². The van der Waals surface area contributed by atoms with Gasteiger partial charge in [0.1, 0.15) is 0 Å². The van der Waals surface area contributed by atoms with Gasteiger partial charge < -0.3 is 4.98 Å². The Morgan fingerprint density at radius 1 is 0.844 bits per heavy atom. The van der Waals surface area contributed by atoms with Gasteiger partial charge in [-0.1, -0.05) is 101 Å². The van der Waals surface area contributed by atoms with Crippen LogP contribution in [0.1, 0.15) is 11.3 Å². The van der Waals surface area contributed by atoms with Crippen LogP contribution < -0.4 is 0 Å². The van der Waals surface area contributed by atoms with Gasteiger partial charge in [0.05, 0.1) is 23.6 Å². The number of nitrogens with one attached hydrogen (secondary N) is 1. The number of nitrogens with zero attached hydrogens (tertiary/aromatic N) is 4. The first-order valence-electron chi connectivity index (χ1n) is 10.2. The number of imidazole rings is 1. The zero-order valence-corrected chi connectivity index (χ0v) is 18.7. The van der Waals surface area contributed by atoms with Crippen LogP contribution in [0.2, 0.25) is 5.02 Å². The van der Waals surface area contributed by atoms with Crippen molar-refractivity contribution in [1.29, 1.82) is 0 Å². The number of rotatable bonds is 7. The van der Waals surface area contributed by atoms with E-state index in [0.717, 1.165) is 44.0 Å². The maximum atomic E-state index is 5.96. The molecule has 1 N–H and O–H groups in total. The fraction of sp³-hybridized carbons (Fsp3) is 0.0800. The van der Waals surface area contributed by atoms with Crippen LogP contribution in [-0.4, -0.2) is 25.0 Å². The number of aromatic nitrogens is 5. The summed E-state index contributed by atoms with van der Waals surface area (Å²) in [6.45, 7) is 0.659. The van der Waals surface area contributed by atoms with Gasteiger partial charge in [0.15, 0.2) is 5.16 Å². The number of thioether (sulfide) groups is 1. The Labute approximate surface area is 195 Å². The zero-order valence-electron chi connectivity index (χ0n) is 17.1. The molecule has 0 bridgehead atoms. The lowest BCUT2D eigenvalue weighted by molar-refractivity contribution is 0.649. The van der Waals surface area contributed by atoms with Crippen molar-refractivity contribution < 1.29 is 0 Å². The summed E-state index contributed by atoms with van der Waals surface area (Å²) in [5.74, 6) is 0.677. The van der Waals surface area contributed by atoms with Crippen molar-refractivity contribution in [2.75, 3.05) is 0 Å². The Hall–Kier alpha value is -3.35. The van der Waals surface area contributed by atoms with Crippen LogP contribution in [0, 0.1) is 0 Å². The largest absolute Gasteiger partial charge is 0.332 e. The molecule has 2 aromatic heterocycles. The van der Waals surface area contributed by atoms with E-state index in [4.69, 9.17) is 16.6 Å². The molecule has 32 heavy (non-hydrogen) atoms. The Bertz CT molecular complexity index is 1240. The summed E-state index contributed by atoms with van der Waals surface area (Å²) < 4.78 is 1.84. The van der Waals surface area contributed by atoms with Crippen molar-refractivity contribution >= 4 is 23.4 Å². The highest BCUT2D eigenvalue weighted by molar-refractivity contribution is 7.98. The number of H-pyrrole nitrogens is 1. The molecule has 3 aromatic carbocycles. The van der Waals surface area contributed by atoms with Crippen molar-refractivity contribution in [3.63, 3.8) is 0 Å². The number of hydrogen-bond acceptors (Lipinski definition) is 4. The van der Waals surface area contributed by atoms with Crippen LogP contribution in [0.15, 0.2) is 96.3 Å². The van der Waals surface area contributed by atoms with Gasteiger partial charge in [-0.2, -0.15) is 0 Å². The van der Waals surface area contributed by atoms with Gasteiger partial charge >= 0.3 is 0 Å². The molecule has 5 rings (SSSR count). The molecule has 2 heterocycles. The summed E-state index contributed by atoms with van der Waals surface area (Å²) in [4.78, 5) is 8.40. The number of halogens is 1. The summed E-state index contributed by atoms with van der Waals surface area (Å²) in [5, 5.41) is 10.2.